The lowest BCUT2D eigenvalue weighted by molar-refractivity contribution is -0.140. The van der Waals surface area contributed by atoms with E-state index in [1.165, 1.54) is 0 Å². The lowest BCUT2D eigenvalue weighted by atomic mass is 9.78. The molecule has 2 saturated heterocycles. The maximum absolute atomic E-state index is 12.9. The zero-order valence-electron chi connectivity index (χ0n) is 12.0. The van der Waals surface area contributed by atoms with Crippen molar-refractivity contribution in [2.45, 2.75) is 19.3 Å². The molecule has 0 saturated carbocycles. The first-order valence-corrected chi connectivity index (χ1v) is 7.42. The number of nitrogens with zero attached hydrogens (tertiary/aromatic N) is 2. The fourth-order valence-electron chi connectivity index (χ4n) is 3.61. The Morgan fingerprint density at radius 1 is 1.19 bits per heavy atom. The molecule has 1 spiro atoms. The number of benzene rings is 1. The molecule has 1 N–H and O–H groups in total. The number of piperidine rings is 1. The number of aliphatic carboxylic acids is 1. The van der Waals surface area contributed by atoms with E-state index in [0.717, 1.165) is 38.0 Å². The number of para-hydroxylation sites is 1. The molecule has 0 radical (unpaired) electrons. The van der Waals surface area contributed by atoms with Crippen LogP contribution >= 0.6 is 0 Å². The van der Waals surface area contributed by atoms with Crippen molar-refractivity contribution in [2.24, 2.45) is 5.41 Å². The smallest absolute Gasteiger partial charge is 0.317 e. The Hall–Kier alpha value is -1.88. The highest BCUT2D eigenvalue weighted by Crippen LogP contribution is 2.41. The summed E-state index contributed by atoms with van der Waals surface area (Å²) in [5.74, 6) is -0.666. The number of anilines is 1. The number of carboxylic acids is 1. The van der Waals surface area contributed by atoms with Gasteiger partial charge in [0.25, 0.3) is 0 Å². The fourth-order valence-corrected chi connectivity index (χ4v) is 3.61. The van der Waals surface area contributed by atoms with Crippen LogP contribution in [0.25, 0.3) is 0 Å². The van der Waals surface area contributed by atoms with Crippen LogP contribution < -0.4 is 4.90 Å². The first-order chi connectivity index (χ1) is 10.1. The molecule has 1 atom stereocenters. The third kappa shape index (κ3) is 2.65. The zero-order chi connectivity index (χ0) is 14.9. The van der Waals surface area contributed by atoms with Crippen LogP contribution in [0.2, 0.25) is 0 Å². The Morgan fingerprint density at radius 3 is 2.67 bits per heavy atom. The molecule has 0 aromatic heterocycles. The summed E-state index contributed by atoms with van der Waals surface area (Å²) in [4.78, 5) is 27.5. The van der Waals surface area contributed by atoms with Crippen molar-refractivity contribution in [3.63, 3.8) is 0 Å². The van der Waals surface area contributed by atoms with E-state index in [1.807, 2.05) is 40.1 Å². The van der Waals surface area contributed by atoms with Crippen LogP contribution in [-0.2, 0) is 9.59 Å². The number of carbonyl (C=O) groups is 2. The van der Waals surface area contributed by atoms with E-state index in [0.29, 0.717) is 6.54 Å². The van der Waals surface area contributed by atoms with E-state index in [2.05, 4.69) is 0 Å². The van der Waals surface area contributed by atoms with E-state index in [4.69, 9.17) is 5.11 Å². The molecule has 2 heterocycles. The number of rotatable bonds is 3. The summed E-state index contributed by atoms with van der Waals surface area (Å²) < 4.78 is 0. The van der Waals surface area contributed by atoms with Gasteiger partial charge in [0.15, 0.2) is 0 Å². The summed E-state index contributed by atoms with van der Waals surface area (Å²) in [5.41, 5.74) is 0.554. The summed E-state index contributed by atoms with van der Waals surface area (Å²) in [6.07, 6.45) is 2.57. The van der Waals surface area contributed by atoms with E-state index in [-0.39, 0.29) is 17.9 Å². The number of carbonyl (C=O) groups excluding carboxylic acids is 1. The van der Waals surface area contributed by atoms with Gasteiger partial charge in [0.2, 0.25) is 5.91 Å². The SMILES string of the molecule is O=C(O)CN1CCC[C@@]2(CCN(c3ccccc3)C2=O)C1. The highest BCUT2D eigenvalue weighted by Gasteiger charge is 2.49. The number of amides is 1. The first-order valence-electron chi connectivity index (χ1n) is 7.42. The van der Waals surface area contributed by atoms with Gasteiger partial charge in [-0.25, -0.2) is 0 Å². The Kier molecular flexibility index (Phi) is 3.68. The Bertz CT molecular complexity index is 546. The summed E-state index contributed by atoms with van der Waals surface area (Å²) in [7, 11) is 0. The molecule has 2 fully saturated rings. The molecule has 21 heavy (non-hydrogen) atoms. The van der Waals surface area contributed by atoms with E-state index in [1.54, 1.807) is 0 Å². The summed E-state index contributed by atoms with van der Waals surface area (Å²) in [5, 5.41) is 8.96. The molecule has 2 aliphatic heterocycles. The molecule has 1 aromatic carbocycles. The number of hydrogen-bond acceptors (Lipinski definition) is 3. The van der Waals surface area contributed by atoms with E-state index < -0.39 is 5.97 Å². The first kappa shape index (κ1) is 14.1. The molecule has 112 valence electrons. The van der Waals surface area contributed by atoms with Gasteiger partial charge in [-0.3, -0.25) is 14.5 Å². The van der Waals surface area contributed by atoms with Gasteiger partial charge in [-0.2, -0.15) is 0 Å². The summed E-state index contributed by atoms with van der Waals surface area (Å²) in [6.45, 7) is 2.10. The van der Waals surface area contributed by atoms with Crippen LogP contribution in [0.4, 0.5) is 5.69 Å². The average molecular weight is 288 g/mol. The van der Waals surface area contributed by atoms with Crippen molar-refractivity contribution in [2.75, 3.05) is 31.1 Å². The molecule has 2 aliphatic rings. The van der Waals surface area contributed by atoms with Crippen molar-refractivity contribution >= 4 is 17.6 Å². The predicted molar refractivity (Wildman–Crippen MR) is 79.2 cm³/mol. The van der Waals surface area contributed by atoms with Crippen molar-refractivity contribution < 1.29 is 14.7 Å². The number of likely N-dealkylation sites (tertiary alicyclic amines) is 1. The van der Waals surface area contributed by atoms with Crippen molar-refractivity contribution in [3.05, 3.63) is 30.3 Å². The second kappa shape index (κ2) is 5.48. The second-order valence-electron chi connectivity index (χ2n) is 6.03. The monoisotopic (exact) mass is 288 g/mol. The maximum Gasteiger partial charge on any atom is 0.317 e. The molecule has 3 rings (SSSR count). The highest BCUT2D eigenvalue weighted by atomic mass is 16.4. The van der Waals surface area contributed by atoms with Crippen LogP contribution in [0.1, 0.15) is 19.3 Å². The second-order valence-corrected chi connectivity index (χ2v) is 6.03. The van der Waals surface area contributed by atoms with Gasteiger partial charge < -0.3 is 10.0 Å². The largest absolute Gasteiger partial charge is 0.480 e. The van der Waals surface area contributed by atoms with Gasteiger partial charge in [-0.15, -0.1) is 0 Å². The van der Waals surface area contributed by atoms with Crippen molar-refractivity contribution in [1.29, 1.82) is 0 Å². The standard InChI is InChI=1S/C16H20N2O3/c19-14(20)11-17-9-4-7-16(12-17)8-10-18(15(16)21)13-5-2-1-3-6-13/h1-3,5-6H,4,7-12H2,(H,19,20)/t16-/m1/s1. The minimum atomic E-state index is -0.822. The highest BCUT2D eigenvalue weighted by molar-refractivity contribution is 6.00. The molecule has 1 amide bonds. The van der Waals surface area contributed by atoms with Crippen LogP contribution in [0, 0.1) is 5.41 Å². The molecule has 1 aromatic rings. The van der Waals surface area contributed by atoms with Crippen molar-refractivity contribution in [3.8, 4) is 0 Å². The Morgan fingerprint density at radius 2 is 1.95 bits per heavy atom. The van der Waals surface area contributed by atoms with Gasteiger partial charge in [-0.1, -0.05) is 18.2 Å². The molecule has 5 nitrogen and oxygen atoms in total. The molecule has 0 bridgehead atoms. The maximum atomic E-state index is 12.9. The lowest BCUT2D eigenvalue weighted by Crippen LogP contribution is -2.49. The fraction of sp³-hybridized carbons (Fsp3) is 0.500. The minimum Gasteiger partial charge on any atom is -0.480 e. The lowest BCUT2D eigenvalue weighted by Gasteiger charge is -2.38. The van der Waals surface area contributed by atoms with E-state index >= 15 is 0 Å². The van der Waals surface area contributed by atoms with Gasteiger partial charge in [0.1, 0.15) is 0 Å². The van der Waals surface area contributed by atoms with Crippen molar-refractivity contribution in [1.82, 2.24) is 4.90 Å². The molecular weight excluding hydrogens is 268 g/mol. The third-order valence-electron chi connectivity index (χ3n) is 4.60. The van der Waals surface area contributed by atoms with E-state index in [9.17, 15) is 9.59 Å². The Balaban J connectivity index is 1.77. The summed E-state index contributed by atoms with van der Waals surface area (Å²) in [6, 6.07) is 9.72. The molecule has 5 heteroatoms. The summed E-state index contributed by atoms with van der Waals surface area (Å²) >= 11 is 0. The Labute approximate surface area is 124 Å². The average Bonchev–Trinajstić information content (AvgIpc) is 2.76. The zero-order valence-corrected chi connectivity index (χ0v) is 12.0. The quantitative estimate of drug-likeness (QED) is 0.917. The van der Waals surface area contributed by atoms with Gasteiger partial charge in [-0.05, 0) is 37.9 Å². The third-order valence-corrected chi connectivity index (χ3v) is 4.60. The van der Waals surface area contributed by atoms with Crippen LogP contribution in [-0.4, -0.2) is 48.1 Å². The van der Waals surface area contributed by atoms with Crippen LogP contribution in [0.5, 0.6) is 0 Å². The van der Waals surface area contributed by atoms with Gasteiger partial charge in [0, 0.05) is 18.8 Å². The minimum absolute atomic E-state index is 0.0281. The molecule has 0 unspecified atom stereocenters. The molecule has 0 aliphatic carbocycles. The van der Waals surface area contributed by atoms with Crippen LogP contribution in [0.3, 0.4) is 0 Å². The van der Waals surface area contributed by atoms with Crippen LogP contribution in [0.15, 0.2) is 30.3 Å². The van der Waals surface area contributed by atoms with Gasteiger partial charge >= 0.3 is 5.97 Å². The topological polar surface area (TPSA) is 60.9 Å². The molecular formula is C16H20N2O3. The predicted octanol–water partition coefficient (Wildman–Crippen LogP) is 1.59. The normalized spacial score (nSPS) is 26.5. The number of hydrogen-bond donors (Lipinski definition) is 1. The number of carboxylic acid groups (broad SMARTS) is 1. The van der Waals surface area contributed by atoms with Gasteiger partial charge in [0.05, 0.1) is 12.0 Å².